The summed E-state index contributed by atoms with van der Waals surface area (Å²) in [4.78, 5) is 13.8. The molecule has 1 heterocycles. The minimum atomic E-state index is -0.0754. The summed E-state index contributed by atoms with van der Waals surface area (Å²) in [5.41, 5.74) is 1.67. The smallest absolute Gasteiger partial charge is 0.279 e. The van der Waals surface area contributed by atoms with Gasteiger partial charge in [0.05, 0.1) is 37.0 Å². The molecule has 1 aliphatic rings. The van der Waals surface area contributed by atoms with Crippen molar-refractivity contribution in [2.75, 3.05) is 32.6 Å². The summed E-state index contributed by atoms with van der Waals surface area (Å²) >= 11 is 12.1. The lowest BCUT2D eigenvalue weighted by molar-refractivity contribution is -0.910. The van der Waals surface area contributed by atoms with Gasteiger partial charge < -0.3 is 19.7 Å². The van der Waals surface area contributed by atoms with Crippen molar-refractivity contribution in [3.05, 3.63) is 52.0 Å². The second-order valence-corrected chi connectivity index (χ2v) is 7.40. The van der Waals surface area contributed by atoms with E-state index in [4.69, 9.17) is 32.7 Å². The molecule has 3 rings (SSSR count). The van der Waals surface area contributed by atoms with Crippen molar-refractivity contribution in [2.45, 2.75) is 18.9 Å². The van der Waals surface area contributed by atoms with E-state index in [0.29, 0.717) is 22.3 Å². The van der Waals surface area contributed by atoms with Crippen LogP contribution in [0.25, 0.3) is 0 Å². The summed E-state index contributed by atoms with van der Waals surface area (Å²) in [5.74, 6) is 1.47. The van der Waals surface area contributed by atoms with Crippen molar-refractivity contribution in [2.24, 2.45) is 0 Å². The fourth-order valence-corrected chi connectivity index (χ4v) is 4.05. The summed E-state index contributed by atoms with van der Waals surface area (Å²) < 4.78 is 10.8. The Morgan fingerprint density at radius 2 is 2.00 bits per heavy atom. The van der Waals surface area contributed by atoms with E-state index in [1.54, 1.807) is 32.4 Å². The first-order chi connectivity index (χ1) is 13.0. The van der Waals surface area contributed by atoms with Gasteiger partial charge in [-0.2, -0.15) is 0 Å². The van der Waals surface area contributed by atoms with Crippen molar-refractivity contribution in [3.8, 4) is 11.5 Å². The maximum atomic E-state index is 12.6. The number of nitrogens with one attached hydrogen (secondary N) is 2. The molecule has 1 fully saturated rings. The fraction of sp³-hybridized carbons (Fsp3) is 0.350. The Kier molecular flexibility index (Phi) is 6.47. The average Bonchev–Trinajstić information content (AvgIpc) is 3.11. The van der Waals surface area contributed by atoms with E-state index in [1.165, 1.54) is 4.90 Å². The van der Waals surface area contributed by atoms with Gasteiger partial charge in [-0.1, -0.05) is 23.2 Å². The van der Waals surface area contributed by atoms with Gasteiger partial charge >= 0.3 is 0 Å². The van der Waals surface area contributed by atoms with E-state index in [0.717, 1.165) is 36.4 Å². The van der Waals surface area contributed by atoms with Crippen LogP contribution in [-0.2, 0) is 4.79 Å². The Morgan fingerprint density at radius 1 is 1.19 bits per heavy atom. The van der Waals surface area contributed by atoms with Crippen LogP contribution in [-0.4, -0.2) is 33.2 Å². The molecule has 0 radical (unpaired) electrons. The van der Waals surface area contributed by atoms with Crippen LogP contribution in [0, 0.1) is 0 Å². The van der Waals surface area contributed by atoms with Gasteiger partial charge in [-0.05, 0) is 30.3 Å². The van der Waals surface area contributed by atoms with Crippen LogP contribution >= 0.6 is 23.2 Å². The molecule has 1 amide bonds. The minimum Gasteiger partial charge on any atom is -0.497 e. The predicted octanol–water partition coefficient (Wildman–Crippen LogP) is 3.37. The summed E-state index contributed by atoms with van der Waals surface area (Å²) in [7, 11) is 3.29. The molecule has 1 aliphatic heterocycles. The van der Waals surface area contributed by atoms with Gasteiger partial charge in [0.2, 0.25) is 0 Å². The van der Waals surface area contributed by atoms with Crippen LogP contribution in [0.4, 0.5) is 5.69 Å². The molecule has 0 aromatic heterocycles. The highest BCUT2D eigenvalue weighted by molar-refractivity contribution is 6.36. The molecule has 1 saturated heterocycles. The third-order valence-electron chi connectivity index (χ3n) is 4.89. The number of amides is 1. The van der Waals surface area contributed by atoms with Gasteiger partial charge in [0, 0.05) is 23.9 Å². The number of carbonyl (C=O) groups excluding carboxylic acids is 1. The van der Waals surface area contributed by atoms with Crippen molar-refractivity contribution in [3.63, 3.8) is 0 Å². The molecule has 1 unspecified atom stereocenters. The molecular weight excluding hydrogens is 387 g/mol. The van der Waals surface area contributed by atoms with Crippen LogP contribution in [0.1, 0.15) is 24.4 Å². The predicted molar refractivity (Wildman–Crippen MR) is 107 cm³/mol. The number of rotatable bonds is 6. The van der Waals surface area contributed by atoms with E-state index in [-0.39, 0.29) is 11.9 Å². The van der Waals surface area contributed by atoms with Gasteiger partial charge in [0.15, 0.2) is 6.54 Å². The molecule has 0 saturated carbocycles. The molecule has 27 heavy (non-hydrogen) atoms. The second kappa shape index (κ2) is 8.83. The molecule has 5 nitrogen and oxygen atoms in total. The number of methoxy groups -OCH3 is 2. The van der Waals surface area contributed by atoms with Crippen molar-refractivity contribution < 1.29 is 19.2 Å². The third-order valence-corrected chi connectivity index (χ3v) is 5.44. The number of carbonyl (C=O) groups is 1. The lowest BCUT2D eigenvalue weighted by atomic mass is 10.0. The normalized spacial score (nSPS) is 19.0. The Morgan fingerprint density at radius 3 is 2.70 bits per heavy atom. The molecule has 2 atom stereocenters. The summed E-state index contributed by atoms with van der Waals surface area (Å²) in [6.07, 6.45) is 2.07. The van der Waals surface area contributed by atoms with Crippen molar-refractivity contribution in [1.82, 2.24) is 0 Å². The Balaban J connectivity index is 1.72. The standard InChI is InChI=1S/C20H22Cl2N2O3/c1-26-14-6-7-15(19(11-14)27-2)18-4-3-9-24(18)12-20(25)23-17-8-5-13(21)10-16(17)22/h5-8,10-11,18H,3-4,9,12H2,1-2H3,(H,23,25)/p+1/t18-/m0/s1. The zero-order valence-electron chi connectivity index (χ0n) is 15.4. The molecule has 0 spiro atoms. The monoisotopic (exact) mass is 409 g/mol. The first kappa shape index (κ1) is 19.8. The number of ether oxygens (including phenoxy) is 2. The van der Waals surface area contributed by atoms with E-state index >= 15 is 0 Å². The summed E-state index contributed by atoms with van der Waals surface area (Å²) in [5, 5.41) is 3.85. The number of likely N-dealkylation sites (tertiary alicyclic amines) is 1. The van der Waals surface area contributed by atoms with Gasteiger partial charge in [-0.25, -0.2) is 0 Å². The SMILES string of the molecule is COc1ccc([C@@H]2CCC[NH+]2CC(=O)Nc2ccc(Cl)cc2Cl)c(OC)c1. The fourth-order valence-electron chi connectivity index (χ4n) is 3.60. The molecule has 2 N–H and O–H groups in total. The number of hydrogen-bond acceptors (Lipinski definition) is 3. The Labute approximate surface area is 169 Å². The molecule has 144 valence electrons. The molecule has 2 aromatic carbocycles. The van der Waals surface area contributed by atoms with Crippen molar-refractivity contribution in [1.29, 1.82) is 0 Å². The molecule has 2 aromatic rings. The Hall–Kier alpha value is -1.95. The Bertz CT molecular complexity index is 829. The summed E-state index contributed by atoms with van der Waals surface area (Å²) in [6.45, 7) is 1.29. The highest BCUT2D eigenvalue weighted by Crippen LogP contribution is 2.31. The molecule has 7 heteroatoms. The van der Waals surface area contributed by atoms with E-state index in [2.05, 4.69) is 5.32 Å². The maximum absolute atomic E-state index is 12.6. The average molecular weight is 410 g/mol. The first-order valence-electron chi connectivity index (χ1n) is 8.83. The molecule has 0 bridgehead atoms. The number of benzene rings is 2. The third kappa shape index (κ3) is 4.67. The van der Waals surface area contributed by atoms with Crippen LogP contribution in [0.5, 0.6) is 11.5 Å². The first-order valence-corrected chi connectivity index (χ1v) is 9.59. The topological polar surface area (TPSA) is 52.0 Å². The minimum absolute atomic E-state index is 0.0754. The highest BCUT2D eigenvalue weighted by atomic mass is 35.5. The van der Waals surface area contributed by atoms with E-state index < -0.39 is 0 Å². The van der Waals surface area contributed by atoms with E-state index in [1.807, 2.05) is 18.2 Å². The molecular formula is C20H23Cl2N2O3+. The van der Waals surface area contributed by atoms with Gasteiger partial charge in [0.25, 0.3) is 5.91 Å². The van der Waals surface area contributed by atoms with Crippen LogP contribution in [0.2, 0.25) is 10.0 Å². The van der Waals surface area contributed by atoms with Gasteiger partial charge in [0.1, 0.15) is 17.5 Å². The second-order valence-electron chi connectivity index (χ2n) is 6.56. The highest BCUT2D eigenvalue weighted by Gasteiger charge is 2.33. The lowest BCUT2D eigenvalue weighted by Crippen LogP contribution is -3.11. The van der Waals surface area contributed by atoms with Crippen LogP contribution in [0.15, 0.2) is 36.4 Å². The number of quaternary nitrogens is 1. The largest absolute Gasteiger partial charge is 0.497 e. The quantitative estimate of drug-likeness (QED) is 0.768. The zero-order chi connectivity index (χ0) is 19.4. The number of hydrogen-bond donors (Lipinski definition) is 2. The zero-order valence-corrected chi connectivity index (χ0v) is 16.9. The lowest BCUT2D eigenvalue weighted by Gasteiger charge is -2.23. The molecule has 0 aliphatic carbocycles. The van der Waals surface area contributed by atoms with Gasteiger partial charge in [-0.15, -0.1) is 0 Å². The number of anilines is 1. The van der Waals surface area contributed by atoms with Crippen LogP contribution in [0.3, 0.4) is 0 Å². The van der Waals surface area contributed by atoms with Crippen molar-refractivity contribution >= 4 is 34.8 Å². The van der Waals surface area contributed by atoms with E-state index in [9.17, 15) is 4.79 Å². The van der Waals surface area contributed by atoms with Crippen LogP contribution < -0.4 is 19.7 Å². The van der Waals surface area contributed by atoms with Gasteiger partial charge in [-0.3, -0.25) is 4.79 Å². The summed E-state index contributed by atoms with van der Waals surface area (Å²) in [6, 6.07) is 11.1. The maximum Gasteiger partial charge on any atom is 0.279 e. The number of halogens is 2.